The SMILES string of the molecule is COc1ccc(CN2C(=O)C(Cc3ccccc3C)N=C(Cl)c3cc(Cl)ccc32)cc1. The first-order valence-corrected chi connectivity index (χ1v) is 10.7. The second-order valence-electron chi connectivity index (χ2n) is 7.50. The number of halogens is 2. The monoisotopic (exact) mass is 452 g/mol. The highest BCUT2D eigenvalue weighted by Gasteiger charge is 2.31. The minimum absolute atomic E-state index is 0.0988. The van der Waals surface area contributed by atoms with Gasteiger partial charge in [-0.2, -0.15) is 0 Å². The van der Waals surface area contributed by atoms with E-state index in [-0.39, 0.29) is 5.91 Å². The van der Waals surface area contributed by atoms with Crippen LogP contribution in [0.3, 0.4) is 0 Å². The Morgan fingerprint density at radius 3 is 2.48 bits per heavy atom. The maximum atomic E-state index is 13.7. The summed E-state index contributed by atoms with van der Waals surface area (Å²) in [5, 5.41) is 0.836. The van der Waals surface area contributed by atoms with E-state index in [1.54, 1.807) is 24.1 Å². The molecule has 6 heteroatoms. The third-order valence-corrected chi connectivity index (χ3v) is 6.00. The molecule has 0 N–H and O–H groups in total. The topological polar surface area (TPSA) is 41.9 Å². The van der Waals surface area contributed by atoms with Gasteiger partial charge in [0, 0.05) is 17.0 Å². The van der Waals surface area contributed by atoms with Crippen LogP contribution in [0.15, 0.2) is 71.7 Å². The van der Waals surface area contributed by atoms with E-state index in [9.17, 15) is 4.79 Å². The van der Waals surface area contributed by atoms with E-state index in [2.05, 4.69) is 4.99 Å². The van der Waals surface area contributed by atoms with Crippen molar-refractivity contribution in [1.29, 1.82) is 0 Å². The number of ether oxygens (including phenoxy) is 1. The summed E-state index contributed by atoms with van der Waals surface area (Å²) in [7, 11) is 1.63. The molecule has 1 amide bonds. The molecular formula is C25H22Cl2N2O2. The fourth-order valence-electron chi connectivity index (χ4n) is 3.73. The van der Waals surface area contributed by atoms with Crippen LogP contribution >= 0.6 is 23.2 Å². The Labute approximate surface area is 192 Å². The summed E-state index contributed by atoms with van der Waals surface area (Å²) < 4.78 is 5.25. The molecule has 1 aliphatic heterocycles. The zero-order valence-corrected chi connectivity index (χ0v) is 18.8. The number of carbonyl (C=O) groups excluding carboxylic acids is 1. The molecule has 158 valence electrons. The number of aryl methyl sites for hydroxylation is 1. The summed E-state index contributed by atoms with van der Waals surface area (Å²) in [6, 6.07) is 20.4. The zero-order valence-electron chi connectivity index (χ0n) is 17.3. The van der Waals surface area contributed by atoms with Crippen molar-refractivity contribution in [3.8, 4) is 5.75 Å². The summed E-state index contributed by atoms with van der Waals surface area (Å²) in [6.07, 6.45) is 0.475. The molecule has 1 atom stereocenters. The van der Waals surface area contributed by atoms with Crippen molar-refractivity contribution < 1.29 is 9.53 Å². The minimum atomic E-state index is -0.627. The van der Waals surface area contributed by atoms with E-state index in [0.29, 0.717) is 34.4 Å². The molecule has 0 fully saturated rings. The molecule has 0 saturated heterocycles. The van der Waals surface area contributed by atoms with Crippen LogP contribution in [0, 0.1) is 6.92 Å². The molecular weight excluding hydrogens is 431 g/mol. The average molecular weight is 453 g/mol. The van der Waals surface area contributed by atoms with Crippen LogP contribution in [0.25, 0.3) is 0 Å². The van der Waals surface area contributed by atoms with E-state index in [1.165, 1.54) is 0 Å². The molecule has 0 saturated carbocycles. The molecule has 1 aliphatic rings. The Hall–Kier alpha value is -2.82. The van der Waals surface area contributed by atoms with Crippen molar-refractivity contribution in [2.45, 2.75) is 25.9 Å². The first-order chi connectivity index (χ1) is 15.0. The van der Waals surface area contributed by atoms with Gasteiger partial charge in [-0.3, -0.25) is 9.79 Å². The van der Waals surface area contributed by atoms with E-state index in [4.69, 9.17) is 27.9 Å². The Balaban J connectivity index is 1.74. The molecule has 0 radical (unpaired) electrons. The zero-order chi connectivity index (χ0) is 22.0. The van der Waals surface area contributed by atoms with Crippen molar-refractivity contribution in [2.75, 3.05) is 12.0 Å². The maximum Gasteiger partial charge on any atom is 0.252 e. The molecule has 1 heterocycles. The fourth-order valence-corrected chi connectivity index (χ4v) is 4.17. The molecule has 0 spiro atoms. The first-order valence-electron chi connectivity index (χ1n) is 9.98. The lowest BCUT2D eigenvalue weighted by Gasteiger charge is -2.26. The summed E-state index contributed by atoms with van der Waals surface area (Å²) in [5.41, 5.74) is 4.52. The van der Waals surface area contributed by atoms with Gasteiger partial charge in [0.2, 0.25) is 0 Å². The first kappa shape index (κ1) is 21.4. The summed E-state index contributed by atoms with van der Waals surface area (Å²) in [6.45, 7) is 2.42. The third kappa shape index (κ3) is 4.60. The molecule has 4 nitrogen and oxygen atoms in total. The number of aliphatic imine (C=N–C) groups is 1. The van der Waals surface area contributed by atoms with Gasteiger partial charge in [-0.15, -0.1) is 0 Å². The van der Waals surface area contributed by atoms with Crippen molar-refractivity contribution >= 4 is 40.0 Å². The van der Waals surface area contributed by atoms with Crippen LogP contribution in [0.4, 0.5) is 5.69 Å². The summed E-state index contributed by atoms with van der Waals surface area (Å²) >= 11 is 12.8. The van der Waals surface area contributed by atoms with Crippen LogP contribution in [-0.4, -0.2) is 24.2 Å². The van der Waals surface area contributed by atoms with Gasteiger partial charge < -0.3 is 9.64 Å². The van der Waals surface area contributed by atoms with Gasteiger partial charge in [0.15, 0.2) is 0 Å². The van der Waals surface area contributed by atoms with Crippen molar-refractivity contribution in [3.05, 3.63) is 94.0 Å². The lowest BCUT2D eigenvalue weighted by Crippen LogP contribution is -2.38. The summed E-state index contributed by atoms with van der Waals surface area (Å²) in [4.78, 5) is 20.0. The number of benzodiazepines with no additional fused rings is 1. The van der Waals surface area contributed by atoms with E-state index < -0.39 is 6.04 Å². The molecule has 4 rings (SSSR count). The lowest BCUT2D eigenvalue weighted by atomic mass is 10.0. The number of carbonyl (C=O) groups is 1. The van der Waals surface area contributed by atoms with Gasteiger partial charge in [-0.25, -0.2) is 0 Å². The number of rotatable bonds is 5. The van der Waals surface area contributed by atoms with Crippen LogP contribution in [-0.2, 0) is 17.8 Å². The number of methoxy groups -OCH3 is 1. The van der Waals surface area contributed by atoms with Gasteiger partial charge in [0.1, 0.15) is 17.0 Å². The van der Waals surface area contributed by atoms with Gasteiger partial charge >= 0.3 is 0 Å². The Morgan fingerprint density at radius 2 is 1.77 bits per heavy atom. The number of anilines is 1. The van der Waals surface area contributed by atoms with Gasteiger partial charge in [-0.05, 0) is 53.9 Å². The van der Waals surface area contributed by atoms with Crippen molar-refractivity contribution in [1.82, 2.24) is 0 Å². The Kier molecular flexibility index (Phi) is 6.30. The third-order valence-electron chi connectivity index (χ3n) is 5.47. The number of benzene rings is 3. The molecule has 0 bridgehead atoms. The molecule has 0 aliphatic carbocycles. The van der Waals surface area contributed by atoms with Gasteiger partial charge in [0.25, 0.3) is 5.91 Å². The van der Waals surface area contributed by atoms with Gasteiger partial charge in [0.05, 0.1) is 19.3 Å². The predicted octanol–water partition coefficient (Wildman–Crippen LogP) is 5.80. The smallest absolute Gasteiger partial charge is 0.252 e. The van der Waals surface area contributed by atoms with Crippen molar-refractivity contribution in [3.63, 3.8) is 0 Å². The minimum Gasteiger partial charge on any atom is -0.497 e. The van der Waals surface area contributed by atoms with Crippen LogP contribution in [0.5, 0.6) is 5.75 Å². The standard InChI is InChI=1S/C25H22Cl2N2O2/c1-16-5-3-4-6-18(16)13-22-25(30)29(15-17-7-10-20(31-2)11-8-17)23-12-9-19(26)14-21(23)24(27)28-22/h3-12,14,22H,13,15H2,1-2H3. The number of hydrogen-bond acceptors (Lipinski definition) is 3. The highest BCUT2D eigenvalue weighted by Crippen LogP contribution is 2.32. The number of fused-ring (bicyclic) bond motifs is 1. The van der Waals surface area contributed by atoms with Gasteiger partial charge in [-0.1, -0.05) is 59.6 Å². The van der Waals surface area contributed by atoms with E-state index in [1.807, 2.05) is 61.5 Å². The quantitative estimate of drug-likeness (QED) is 0.490. The van der Waals surface area contributed by atoms with Crippen molar-refractivity contribution in [2.24, 2.45) is 4.99 Å². The van der Waals surface area contributed by atoms with E-state index in [0.717, 1.165) is 22.4 Å². The Bertz CT molecular complexity index is 1140. The second-order valence-corrected chi connectivity index (χ2v) is 8.29. The molecule has 3 aromatic carbocycles. The highest BCUT2D eigenvalue weighted by atomic mass is 35.5. The number of hydrogen-bond donors (Lipinski definition) is 0. The van der Waals surface area contributed by atoms with Crippen LogP contribution in [0.2, 0.25) is 5.02 Å². The molecule has 1 unspecified atom stereocenters. The Morgan fingerprint density at radius 1 is 1.03 bits per heavy atom. The maximum absolute atomic E-state index is 13.7. The molecule has 0 aromatic heterocycles. The fraction of sp³-hybridized carbons (Fsp3) is 0.200. The number of amides is 1. The average Bonchev–Trinajstić information content (AvgIpc) is 2.86. The predicted molar refractivity (Wildman–Crippen MR) is 127 cm³/mol. The lowest BCUT2D eigenvalue weighted by molar-refractivity contribution is -0.119. The van der Waals surface area contributed by atoms with E-state index >= 15 is 0 Å². The highest BCUT2D eigenvalue weighted by molar-refractivity contribution is 6.70. The van der Waals surface area contributed by atoms with Crippen LogP contribution < -0.4 is 9.64 Å². The normalized spacial score (nSPS) is 15.9. The number of nitrogens with zero attached hydrogens (tertiary/aromatic N) is 2. The molecule has 31 heavy (non-hydrogen) atoms. The van der Waals surface area contributed by atoms with Crippen LogP contribution in [0.1, 0.15) is 22.3 Å². The second kappa shape index (κ2) is 9.13. The molecule has 3 aromatic rings. The largest absolute Gasteiger partial charge is 0.497 e. The summed E-state index contributed by atoms with van der Waals surface area (Å²) in [5.74, 6) is 0.667.